The standard InChI is InChI=1S/C15H21N3O3/c1-11-10-18(8-9-21-11)13(12-6-4-3-5-7-12)14(19)17-15(20)16-2/h3-7,11,13H,8-10H2,1-2H3,(H2,16,17,19,20). The Labute approximate surface area is 124 Å². The van der Waals surface area contributed by atoms with Gasteiger partial charge in [-0.05, 0) is 12.5 Å². The Morgan fingerprint density at radius 3 is 2.67 bits per heavy atom. The number of nitrogens with zero attached hydrogens (tertiary/aromatic N) is 1. The molecule has 1 aromatic carbocycles. The number of hydrogen-bond acceptors (Lipinski definition) is 4. The molecule has 1 heterocycles. The molecule has 1 fully saturated rings. The Balaban J connectivity index is 2.22. The molecule has 1 aromatic rings. The third-order valence-corrected chi connectivity index (χ3v) is 3.47. The van der Waals surface area contributed by atoms with Gasteiger partial charge in [-0.1, -0.05) is 30.3 Å². The molecule has 0 radical (unpaired) electrons. The van der Waals surface area contributed by atoms with Crippen molar-refractivity contribution in [3.63, 3.8) is 0 Å². The first-order chi connectivity index (χ1) is 10.1. The minimum Gasteiger partial charge on any atom is -0.376 e. The molecule has 0 spiro atoms. The van der Waals surface area contributed by atoms with Gasteiger partial charge in [0, 0.05) is 20.1 Å². The molecule has 2 atom stereocenters. The van der Waals surface area contributed by atoms with Crippen molar-refractivity contribution in [2.75, 3.05) is 26.7 Å². The van der Waals surface area contributed by atoms with Crippen molar-refractivity contribution in [3.05, 3.63) is 35.9 Å². The Hall–Kier alpha value is -1.92. The molecule has 2 unspecified atom stereocenters. The molecule has 21 heavy (non-hydrogen) atoms. The molecule has 1 saturated heterocycles. The summed E-state index contributed by atoms with van der Waals surface area (Å²) in [5, 5.41) is 4.77. The molecular weight excluding hydrogens is 270 g/mol. The van der Waals surface area contributed by atoms with Gasteiger partial charge >= 0.3 is 6.03 Å². The van der Waals surface area contributed by atoms with E-state index in [9.17, 15) is 9.59 Å². The van der Waals surface area contributed by atoms with Crippen LogP contribution < -0.4 is 10.6 Å². The minimum absolute atomic E-state index is 0.0674. The molecule has 114 valence electrons. The van der Waals surface area contributed by atoms with E-state index < -0.39 is 12.1 Å². The molecule has 6 nitrogen and oxygen atoms in total. The van der Waals surface area contributed by atoms with Crippen molar-refractivity contribution in [3.8, 4) is 0 Å². The van der Waals surface area contributed by atoms with Gasteiger partial charge < -0.3 is 10.1 Å². The molecule has 0 bridgehead atoms. The van der Waals surface area contributed by atoms with Crippen molar-refractivity contribution in [1.29, 1.82) is 0 Å². The Morgan fingerprint density at radius 2 is 2.05 bits per heavy atom. The van der Waals surface area contributed by atoms with Gasteiger partial charge in [0.25, 0.3) is 0 Å². The van der Waals surface area contributed by atoms with Gasteiger partial charge in [0.2, 0.25) is 5.91 Å². The zero-order valence-electron chi connectivity index (χ0n) is 12.3. The summed E-state index contributed by atoms with van der Waals surface area (Å²) in [5.74, 6) is -0.324. The smallest absolute Gasteiger partial charge is 0.321 e. The number of imide groups is 1. The van der Waals surface area contributed by atoms with Crippen LogP contribution in [0.5, 0.6) is 0 Å². The first kappa shape index (κ1) is 15.5. The maximum atomic E-state index is 12.5. The van der Waals surface area contributed by atoms with E-state index in [0.717, 1.165) is 5.56 Å². The van der Waals surface area contributed by atoms with E-state index >= 15 is 0 Å². The number of amides is 3. The van der Waals surface area contributed by atoms with Crippen molar-refractivity contribution in [1.82, 2.24) is 15.5 Å². The van der Waals surface area contributed by atoms with Crippen LogP contribution in [0.1, 0.15) is 18.5 Å². The fraction of sp³-hybridized carbons (Fsp3) is 0.467. The van der Waals surface area contributed by atoms with E-state index in [0.29, 0.717) is 19.7 Å². The number of hydrogen-bond donors (Lipinski definition) is 2. The van der Waals surface area contributed by atoms with Crippen molar-refractivity contribution in [2.45, 2.75) is 19.1 Å². The highest BCUT2D eigenvalue weighted by Gasteiger charge is 2.31. The summed E-state index contributed by atoms with van der Waals surface area (Å²) in [5.41, 5.74) is 0.869. The first-order valence-electron chi connectivity index (χ1n) is 7.05. The fourth-order valence-electron chi connectivity index (χ4n) is 2.49. The second-order valence-electron chi connectivity index (χ2n) is 5.06. The lowest BCUT2D eigenvalue weighted by Crippen LogP contribution is -2.50. The maximum absolute atomic E-state index is 12.5. The van der Waals surface area contributed by atoms with Crippen LogP contribution in [0.4, 0.5) is 4.79 Å². The summed E-state index contributed by atoms with van der Waals surface area (Å²) >= 11 is 0. The molecule has 6 heteroatoms. The normalized spacial score (nSPS) is 20.6. The van der Waals surface area contributed by atoms with Gasteiger partial charge in [0.15, 0.2) is 0 Å². The number of carbonyl (C=O) groups is 2. The lowest BCUT2D eigenvalue weighted by atomic mass is 10.0. The predicted octanol–water partition coefficient (Wildman–Crippen LogP) is 0.904. The van der Waals surface area contributed by atoms with Gasteiger partial charge in [-0.25, -0.2) is 4.79 Å². The number of urea groups is 1. The Kier molecular flexibility index (Phi) is 5.30. The van der Waals surface area contributed by atoms with E-state index in [2.05, 4.69) is 10.6 Å². The van der Waals surface area contributed by atoms with Crippen LogP contribution in [0.2, 0.25) is 0 Å². The van der Waals surface area contributed by atoms with E-state index in [4.69, 9.17) is 4.74 Å². The van der Waals surface area contributed by atoms with E-state index in [1.165, 1.54) is 7.05 Å². The van der Waals surface area contributed by atoms with E-state index in [1.807, 2.05) is 42.2 Å². The molecule has 2 rings (SSSR count). The van der Waals surface area contributed by atoms with Gasteiger partial charge in [0.05, 0.1) is 12.7 Å². The van der Waals surface area contributed by atoms with Gasteiger partial charge in [-0.15, -0.1) is 0 Å². The van der Waals surface area contributed by atoms with Crippen LogP contribution in [-0.2, 0) is 9.53 Å². The maximum Gasteiger partial charge on any atom is 0.321 e. The number of benzene rings is 1. The van der Waals surface area contributed by atoms with Crippen molar-refractivity contribution >= 4 is 11.9 Å². The monoisotopic (exact) mass is 291 g/mol. The molecular formula is C15H21N3O3. The topological polar surface area (TPSA) is 70.7 Å². The summed E-state index contributed by atoms with van der Waals surface area (Å²) < 4.78 is 5.52. The molecule has 0 aromatic heterocycles. The largest absolute Gasteiger partial charge is 0.376 e. The van der Waals surface area contributed by atoms with Crippen LogP contribution in [0.15, 0.2) is 30.3 Å². The van der Waals surface area contributed by atoms with Crippen molar-refractivity contribution < 1.29 is 14.3 Å². The average Bonchev–Trinajstić information content (AvgIpc) is 2.48. The SMILES string of the molecule is CNC(=O)NC(=O)C(c1ccccc1)N1CCOC(C)C1. The quantitative estimate of drug-likeness (QED) is 0.868. The summed E-state index contributed by atoms with van der Waals surface area (Å²) in [7, 11) is 1.48. The molecule has 1 aliphatic rings. The fourth-order valence-corrected chi connectivity index (χ4v) is 2.49. The lowest BCUT2D eigenvalue weighted by molar-refractivity contribution is -0.128. The van der Waals surface area contributed by atoms with Gasteiger partial charge in [0.1, 0.15) is 6.04 Å². The zero-order chi connectivity index (χ0) is 15.2. The predicted molar refractivity (Wildman–Crippen MR) is 78.8 cm³/mol. The molecule has 0 saturated carbocycles. The van der Waals surface area contributed by atoms with Gasteiger partial charge in [-0.3, -0.25) is 15.0 Å². The Morgan fingerprint density at radius 1 is 1.33 bits per heavy atom. The molecule has 2 N–H and O–H groups in total. The van der Waals surface area contributed by atoms with Crippen LogP contribution in [0.3, 0.4) is 0 Å². The number of carbonyl (C=O) groups excluding carboxylic acids is 2. The third-order valence-electron chi connectivity index (χ3n) is 3.47. The number of nitrogens with one attached hydrogen (secondary N) is 2. The highest BCUT2D eigenvalue weighted by Crippen LogP contribution is 2.23. The minimum atomic E-state index is -0.498. The van der Waals surface area contributed by atoms with Gasteiger partial charge in [-0.2, -0.15) is 0 Å². The van der Waals surface area contributed by atoms with E-state index in [1.54, 1.807) is 0 Å². The summed E-state index contributed by atoms with van der Waals surface area (Å²) in [6, 6.07) is 8.48. The zero-order valence-corrected chi connectivity index (χ0v) is 12.3. The number of ether oxygens (including phenoxy) is 1. The van der Waals surface area contributed by atoms with Crippen LogP contribution in [0, 0.1) is 0 Å². The number of morpholine rings is 1. The molecule has 0 aliphatic carbocycles. The first-order valence-corrected chi connectivity index (χ1v) is 7.05. The summed E-state index contributed by atoms with van der Waals surface area (Å²) in [6.45, 7) is 3.87. The number of rotatable bonds is 3. The van der Waals surface area contributed by atoms with Crippen LogP contribution in [-0.4, -0.2) is 49.7 Å². The lowest BCUT2D eigenvalue weighted by Gasteiger charge is -2.36. The summed E-state index contributed by atoms with van der Waals surface area (Å²) in [4.78, 5) is 25.9. The highest BCUT2D eigenvalue weighted by molar-refractivity contribution is 5.97. The average molecular weight is 291 g/mol. The third kappa shape index (κ3) is 4.03. The summed E-state index contributed by atoms with van der Waals surface area (Å²) in [6.07, 6.45) is 0.0674. The van der Waals surface area contributed by atoms with E-state index in [-0.39, 0.29) is 12.0 Å². The molecule has 3 amide bonds. The highest BCUT2D eigenvalue weighted by atomic mass is 16.5. The van der Waals surface area contributed by atoms with Crippen LogP contribution >= 0.6 is 0 Å². The second kappa shape index (κ2) is 7.19. The van der Waals surface area contributed by atoms with Crippen molar-refractivity contribution in [2.24, 2.45) is 0 Å². The molecule has 1 aliphatic heterocycles. The Bertz CT molecular complexity index is 492. The van der Waals surface area contributed by atoms with Crippen LogP contribution in [0.25, 0.3) is 0 Å². The second-order valence-corrected chi connectivity index (χ2v) is 5.06.